The molecule has 0 aliphatic heterocycles. The third kappa shape index (κ3) is 5.16. The summed E-state index contributed by atoms with van der Waals surface area (Å²) >= 11 is 1.80. The zero-order chi connectivity index (χ0) is 12.0. The van der Waals surface area contributed by atoms with Crippen LogP contribution in [0.2, 0.25) is 0 Å². The molecule has 90 valence electrons. The lowest BCUT2D eigenvalue weighted by Gasteiger charge is -2.04. The van der Waals surface area contributed by atoms with Gasteiger partial charge < -0.3 is 11.5 Å². The summed E-state index contributed by atoms with van der Waals surface area (Å²) in [5, 5.41) is 0. The first-order valence-corrected chi connectivity index (χ1v) is 6.57. The van der Waals surface area contributed by atoms with Crippen molar-refractivity contribution in [3.63, 3.8) is 0 Å². The highest BCUT2D eigenvalue weighted by Crippen LogP contribution is 2.14. The maximum atomic E-state index is 5.48. The SMILES string of the molecule is CC(C)CCCSCc1nc(N)nc(N)n1. The van der Waals surface area contributed by atoms with E-state index >= 15 is 0 Å². The first-order chi connectivity index (χ1) is 7.58. The number of nitrogens with two attached hydrogens (primary N) is 2. The van der Waals surface area contributed by atoms with Crippen LogP contribution in [0.25, 0.3) is 0 Å². The number of nitrogen functional groups attached to an aromatic ring is 2. The number of anilines is 2. The van der Waals surface area contributed by atoms with E-state index < -0.39 is 0 Å². The van der Waals surface area contributed by atoms with Crippen LogP contribution in [0, 0.1) is 5.92 Å². The van der Waals surface area contributed by atoms with Crippen molar-refractivity contribution in [3.8, 4) is 0 Å². The lowest BCUT2D eigenvalue weighted by Crippen LogP contribution is -2.06. The molecule has 5 nitrogen and oxygen atoms in total. The Labute approximate surface area is 100 Å². The second kappa shape index (κ2) is 6.52. The first kappa shape index (κ1) is 13.0. The van der Waals surface area contributed by atoms with E-state index in [0.29, 0.717) is 5.82 Å². The van der Waals surface area contributed by atoms with Crippen LogP contribution < -0.4 is 11.5 Å². The molecule has 0 bridgehead atoms. The molecular weight excluding hydrogens is 222 g/mol. The van der Waals surface area contributed by atoms with Crippen LogP contribution in [0.4, 0.5) is 11.9 Å². The van der Waals surface area contributed by atoms with Crippen LogP contribution in [-0.2, 0) is 5.75 Å². The van der Waals surface area contributed by atoms with E-state index in [4.69, 9.17) is 11.5 Å². The molecular formula is C10H19N5S. The van der Waals surface area contributed by atoms with Crippen molar-refractivity contribution >= 4 is 23.7 Å². The summed E-state index contributed by atoms with van der Waals surface area (Å²) < 4.78 is 0. The Morgan fingerprint density at radius 2 is 1.75 bits per heavy atom. The van der Waals surface area contributed by atoms with Crippen LogP contribution in [0.5, 0.6) is 0 Å². The lowest BCUT2D eigenvalue weighted by molar-refractivity contribution is 0.579. The number of rotatable bonds is 6. The summed E-state index contributed by atoms with van der Waals surface area (Å²) in [6.07, 6.45) is 2.48. The number of hydrogen-bond acceptors (Lipinski definition) is 6. The predicted molar refractivity (Wildman–Crippen MR) is 68.9 cm³/mol. The Balaban J connectivity index is 2.26. The number of hydrogen-bond donors (Lipinski definition) is 2. The molecule has 1 heterocycles. The van der Waals surface area contributed by atoms with E-state index in [-0.39, 0.29) is 11.9 Å². The van der Waals surface area contributed by atoms with E-state index in [0.717, 1.165) is 17.4 Å². The zero-order valence-electron chi connectivity index (χ0n) is 9.81. The highest BCUT2D eigenvalue weighted by molar-refractivity contribution is 7.98. The van der Waals surface area contributed by atoms with Gasteiger partial charge in [-0.3, -0.25) is 0 Å². The van der Waals surface area contributed by atoms with Crippen LogP contribution in [0.15, 0.2) is 0 Å². The molecule has 0 amide bonds. The highest BCUT2D eigenvalue weighted by atomic mass is 32.2. The topological polar surface area (TPSA) is 90.7 Å². The molecule has 1 rings (SSSR count). The van der Waals surface area contributed by atoms with E-state index in [2.05, 4.69) is 28.8 Å². The molecule has 0 saturated heterocycles. The summed E-state index contributed by atoms with van der Waals surface area (Å²) in [7, 11) is 0. The molecule has 1 aromatic rings. The minimum absolute atomic E-state index is 0.199. The van der Waals surface area contributed by atoms with Gasteiger partial charge in [-0.05, 0) is 18.1 Å². The number of nitrogens with zero attached hydrogens (tertiary/aromatic N) is 3. The van der Waals surface area contributed by atoms with Gasteiger partial charge in [0.1, 0.15) is 5.82 Å². The van der Waals surface area contributed by atoms with E-state index in [1.165, 1.54) is 12.8 Å². The van der Waals surface area contributed by atoms with Crippen LogP contribution in [-0.4, -0.2) is 20.7 Å². The average Bonchev–Trinajstić information content (AvgIpc) is 2.15. The van der Waals surface area contributed by atoms with Gasteiger partial charge in [-0.25, -0.2) is 0 Å². The fourth-order valence-corrected chi connectivity index (χ4v) is 2.11. The summed E-state index contributed by atoms with van der Waals surface area (Å²) in [6, 6.07) is 0. The molecule has 0 atom stereocenters. The maximum Gasteiger partial charge on any atom is 0.225 e. The Morgan fingerprint density at radius 1 is 1.12 bits per heavy atom. The summed E-state index contributed by atoms with van der Waals surface area (Å²) in [5.41, 5.74) is 11.0. The highest BCUT2D eigenvalue weighted by Gasteiger charge is 2.02. The zero-order valence-corrected chi connectivity index (χ0v) is 10.6. The number of thioether (sulfide) groups is 1. The molecule has 0 unspecified atom stereocenters. The quantitative estimate of drug-likeness (QED) is 0.737. The fraction of sp³-hybridized carbons (Fsp3) is 0.700. The normalized spacial score (nSPS) is 10.9. The third-order valence-corrected chi connectivity index (χ3v) is 3.06. The van der Waals surface area contributed by atoms with Gasteiger partial charge in [0.15, 0.2) is 0 Å². The van der Waals surface area contributed by atoms with Crippen LogP contribution in [0.1, 0.15) is 32.5 Å². The molecule has 0 fully saturated rings. The van der Waals surface area contributed by atoms with E-state index in [9.17, 15) is 0 Å². The Morgan fingerprint density at radius 3 is 2.31 bits per heavy atom. The average molecular weight is 241 g/mol. The minimum Gasteiger partial charge on any atom is -0.368 e. The van der Waals surface area contributed by atoms with E-state index in [1.54, 1.807) is 11.8 Å². The standard InChI is InChI=1S/C10H19N5S/c1-7(2)4-3-5-16-6-8-13-9(11)15-10(12)14-8/h7H,3-6H2,1-2H3,(H4,11,12,13,14,15). The minimum atomic E-state index is 0.199. The molecule has 4 N–H and O–H groups in total. The fourth-order valence-electron chi connectivity index (χ4n) is 1.28. The van der Waals surface area contributed by atoms with Crippen molar-refractivity contribution in [1.29, 1.82) is 0 Å². The molecule has 6 heteroatoms. The Bertz CT molecular complexity index is 309. The molecule has 0 aromatic carbocycles. The van der Waals surface area contributed by atoms with Gasteiger partial charge in [0, 0.05) is 0 Å². The van der Waals surface area contributed by atoms with Crippen molar-refractivity contribution in [2.24, 2.45) is 5.92 Å². The second-order valence-electron chi connectivity index (χ2n) is 4.06. The largest absolute Gasteiger partial charge is 0.368 e. The molecule has 0 aliphatic carbocycles. The van der Waals surface area contributed by atoms with Crippen molar-refractivity contribution < 1.29 is 0 Å². The van der Waals surface area contributed by atoms with Crippen LogP contribution >= 0.6 is 11.8 Å². The smallest absolute Gasteiger partial charge is 0.225 e. The maximum absolute atomic E-state index is 5.48. The molecule has 0 aliphatic rings. The number of aromatic nitrogens is 3. The molecule has 0 radical (unpaired) electrons. The van der Waals surface area contributed by atoms with Crippen molar-refractivity contribution in [1.82, 2.24) is 15.0 Å². The molecule has 1 aromatic heterocycles. The van der Waals surface area contributed by atoms with Gasteiger partial charge in [-0.2, -0.15) is 26.7 Å². The summed E-state index contributed by atoms with van der Waals surface area (Å²) in [4.78, 5) is 11.8. The van der Waals surface area contributed by atoms with Gasteiger partial charge >= 0.3 is 0 Å². The van der Waals surface area contributed by atoms with Crippen molar-refractivity contribution in [3.05, 3.63) is 5.82 Å². The van der Waals surface area contributed by atoms with Gasteiger partial charge in [0.25, 0.3) is 0 Å². The van der Waals surface area contributed by atoms with Gasteiger partial charge in [-0.1, -0.05) is 20.3 Å². The third-order valence-electron chi connectivity index (χ3n) is 2.02. The first-order valence-electron chi connectivity index (χ1n) is 5.41. The second-order valence-corrected chi connectivity index (χ2v) is 5.16. The lowest BCUT2D eigenvalue weighted by atomic mass is 10.1. The van der Waals surface area contributed by atoms with Crippen molar-refractivity contribution in [2.75, 3.05) is 17.2 Å². The van der Waals surface area contributed by atoms with Gasteiger partial charge in [0.2, 0.25) is 11.9 Å². The molecule has 16 heavy (non-hydrogen) atoms. The monoisotopic (exact) mass is 241 g/mol. The Hall–Kier alpha value is -1.04. The van der Waals surface area contributed by atoms with Gasteiger partial charge in [0.05, 0.1) is 5.75 Å². The van der Waals surface area contributed by atoms with Crippen molar-refractivity contribution in [2.45, 2.75) is 32.4 Å². The van der Waals surface area contributed by atoms with Gasteiger partial charge in [-0.15, -0.1) is 0 Å². The molecule has 0 saturated carbocycles. The predicted octanol–water partition coefficient (Wildman–Crippen LogP) is 1.71. The molecule has 0 spiro atoms. The Kier molecular flexibility index (Phi) is 5.31. The summed E-state index contributed by atoms with van der Waals surface area (Å²) in [5.74, 6) is 3.69. The van der Waals surface area contributed by atoms with E-state index in [1.807, 2.05) is 0 Å². The van der Waals surface area contributed by atoms with Crippen LogP contribution in [0.3, 0.4) is 0 Å². The summed E-state index contributed by atoms with van der Waals surface area (Å²) in [6.45, 7) is 4.47.